The standard InChI is InChI=1S/C16H25NO2/c1-4-14(5-2)19-15-9-6-12(10-16(15)18-3)11-17-13-7-8-13/h6,9-10,13-14,17H,4-5,7-8,11H2,1-3H3. The van der Waals surface area contributed by atoms with E-state index < -0.39 is 0 Å². The van der Waals surface area contributed by atoms with Crippen molar-refractivity contribution in [2.45, 2.75) is 58.2 Å². The van der Waals surface area contributed by atoms with Crippen molar-refractivity contribution in [3.8, 4) is 11.5 Å². The van der Waals surface area contributed by atoms with Gasteiger partial charge < -0.3 is 14.8 Å². The van der Waals surface area contributed by atoms with Crippen molar-refractivity contribution in [1.82, 2.24) is 5.32 Å². The highest BCUT2D eigenvalue weighted by Crippen LogP contribution is 2.30. The maximum Gasteiger partial charge on any atom is 0.161 e. The van der Waals surface area contributed by atoms with Crippen LogP contribution < -0.4 is 14.8 Å². The van der Waals surface area contributed by atoms with Gasteiger partial charge in [0.25, 0.3) is 0 Å². The molecule has 0 bridgehead atoms. The van der Waals surface area contributed by atoms with E-state index in [1.165, 1.54) is 18.4 Å². The quantitative estimate of drug-likeness (QED) is 0.778. The van der Waals surface area contributed by atoms with Crippen LogP contribution in [0.2, 0.25) is 0 Å². The van der Waals surface area contributed by atoms with Gasteiger partial charge in [-0.3, -0.25) is 0 Å². The summed E-state index contributed by atoms with van der Waals surface area (Å²) in [6.45, 7) is 5.20. The fraction of sp³-hybridized carbons (Fsp3) is 0.625. The summed E-state index contributed by atoms with van der Waals surface area (Å²) in [5.41, 5.74) is 1.25. The highest BCUT2D eigenvalue weighted by Gasteiger charge is 2.20. The van der Waals surface area contributed by atoms with Gasteiger partial charge in [-0.05, 0) is 43.4 Å². The van der Waals surface area contributed by atoms with Crippen LogP contribution in [-0.4, -0.2) is 19.3 Å². The van der Waals surface area contributed by atoms with Gasteiger partial charge in [0.1, 0.15) is 0 Å². The minimum absolute atomic E-state index is 0.268. The van der Waals surface area contributed by atoms with Crippen LogP contribution in [0.3, 0.4) is 0 Å². The summed E-state index contributed by atoms with van der Waals surface area (Å²) < 4.78 is 11.4. The second-order valence-electron chi connectivity index (χ2n) is 5.20. The number of methoxy groups -OCH3 is 1. The summed E-state index contributed by atoms with van der Waals surface area (Å²) in [6, 6.07) is 6.95. The number of hydrogen-bond donors (Lipinski definition) is 1. The van der Waals surface area contributed by atoms with Gasteiger partial charge in [0.2, 0.25) is 0 Å². The van der Waals surface area contributed by atoms with Gasteiger partial charge in [0.05, 0.1) is 13.2 Å². The number of benzene rings is 1. The van der Waals surface area contributed by atoms with Gasteiger partial charge in [-0.1, -0.05) is 19.9 Å². The largest absolute Gasteiger partial charge is 0.493 e. The van der Waals surface area contributed by atoms with E-state index in [1.54, 1.807) is 7.11 Å². The van der Waals surface area contributed by atoms with Crippen molar-refractivity contribution in [3.05, 3.63) is 23.8 Å². The minimum atomic E-state index is 0.268. The second-order valence-corrected chi connectivity index (χ2v) is 5.20. The first-order chi connectivity index (χ1) is 9.26. The average Bonchev–Trinajstić information content (AvgIpc) is 3.27. The molecule has 106 valence electrons. The lowest BCUT2D eigenvalue weighted by Crippen LogP contribution is -2.16. The zero-order valence-corrected chi connectivity index (χ0v) is 12.2. The van der Waals surface area contributed by atoms with Crippen molar-refractivity contribution >= 4 is 0 Å². The molecule has 0 aliphatic heterocycles. The molecule has 0 aromatic heterocycles. The highest BCUT2D eigenvalue weighted by molar-refractivity contribution is 5.43. The Morgan fingerprint density at radius 2 is 1.95 bits per heavy atom. The van der Waals surface area contributed by atoms with Gasteiger partial charge in [-0.15, -0.1) is 0 Å². The van der Waals surface area contributed by atoms with Crippen molar-refractivity contribution in [1.29, 1.82) is 0 Å². The molecule has 1 N–H and O–H groups in total. The van der Waals surface area contributed by atoms with E-state index in [1.807, 2.05) is 6.07 Å². The molecule has 19 heavy (non-hydrogen) atoms. The third kappa shape index (κ3) is 4.13. The summed E-state index contributed by atoms with van der Waals surface area (Å²) >= 11 is 0. The Balaban J connectivity index is 2.01. The molecule has 1 aliphatic rings. The lowest BCUT2D eigenvalue weighted by atomic mass is 10.2. The maximum atomic E-state index is 5.98. The van der Waals surface area contributed by atoms with Gasteiger partial charge in [0, 0.05) is 12.6 Å². The fourth-order valence-corrected chi connectivity index (χ4v) is 2.10. The fourth-order valence-electron chi connectivity index (χ4n) is 2.10. The normalized spacial score (nSPS) is 14.7. The van der Waals surface area contributed by atoms with E-state index >= 15 is 0 Å². The van der Waals surface area contributed by atoms with Gasteiger partial charge in [-0.2, -0.15) is 0 Å². The molecule has 1 aromatic rings. The van der Waals surface area contributed by atoms with Crippen molar-refractivity contribution in [3.63, 3.8) is 0 Å². The third-order valence-corrected chi connectivity index (χ3v) is 3.60. The monoisotopic (exact) mass is 263 g/mol. The van der Waals surface area contributed by atoms with Crippen LogP contribution in [-0.2, 0) is 6.54 Å². The predicted molar refractivity (Wildman–Crippen MR) is 77.9 cm³/mol. The molecule has 1 aliphatic carbocycles. The SMILES string of the molecule is CCC(CC)Oc1ccc(CNC2CC2)cc1OC. The molecular formula is C16H25NO2. The zero-order chi connectivity index (χ0) is 13.7. The molecule has 0 amide bonds. The number of nitrogens with one attached hydrogen (secondary N) is 1. The predicted octanol–water partition coefficient (Wildman–Crippen LogP) is 3.51. The number of rotatable bonds is 8. The van der Waals surface area contributed by atoms with Crippen LogP contribution in [0, 0.1) is 0 Å². The van der Waals surface area contributed by atoms with Crippen LogP contribution in [0.15, 0.2) is 18.2 Å². The third-order valence-electron chi connectivity index (χ3n) is 3.60. The van der Waals surface area contributed by atoms with Crippen LogP contribution in [0.5, 0.6) is 11.5 Å². The second kappa shape index (κ2) is 6.80. The first kappa shape index (κ1) is 14.2. The molecule has 0 heterocycles. The number of ether oxygens (including phenoxy) is 2. The van der Waals surface area contributed by atoms with Gasteiger partial charge >= 0.3 is 0 Å². The summed E-state index contributed by atoms with van der Waals surface area (Å²) in [4.78, 5) is 0. The summed E-state index contributed by atoms with van der Waals surface area (Å²) in [5.74, 6) is 1.69. The molecule has 3 nitrogen and oxygen atoms in total. The Kier molecular flexibility index (Phi) is 5.08. The smallest absolute Gasteiger partial charge is 0.161 e. The molecule has 2 rings (SSSR count). The molecular weight excluding hydrogens is 238 g/mol. The van der Waals surface area contributed by atoms with E-state index in [0.29, 0.717) is 0 Å². The maximum absolute atomic E-state index is 5.98. The van der Waals surface area contributed by atoms with Crippen LogP contribution in [0.1, 0.15) is 45.1 Å². The zero-order valence-electron chi connectivity index (χ0n) is 12.2. The van der Waals surface area contributed by atoms with Gasteiger partial charge in [-0.25, -0.2) is 0 Å². The van der Waals surface area contributed by atoms with Crippen molar-refractivity contribution < 1.29 is 9.47 Å². The number of hydrogen-bond acceptors (Lipinski definition) is 3. The summed E-state index contributed by atoms with van der Waals surface area (Å²) in [5, 5.41) is 3.51. The van der Waals surface area contributed by atoms with Crippen molar-refractivity contribution in [2.24, 2.45) is 0 Å². The molecule has 0 unspecified atom stereocenters. The Bertz CT molecular complexity index is 398. The topological polar surface area (TPSA) is 30.5 Å². The van der Waals surface area contributed by atoms with E-state index in [-0.39, 0.29) is 6.10 Å². The molecule has 0 radical (unpaired) electrons. The molecule has 0 spiro atoms. The van der Waals surface area contributed by atoms with E-state index in [0.717, 1.165) is 36.9 Å². The van der Waals surface area contributed by atoms with E-state index in [9.17, 15) is 0 Å². The Hall–Kier alpha value is -1.22. The molecule has 1 aromatic carbocycles. The van der Waals surface area contributed by atoms with E-state index in [2.05, 4.69) is 31.3 Å². The molecule has 0 saturated heterocycles. The average molecular weight is 263 g/mol. The Morgan fingerprint density at radius 3 is 2.53 bits per heavy atom. The molecule has 3 heteroatoms. The highest BCUT2D eigenvalue weighted by atomic mass is 16.5. The first-order valence-corrected chi connectivity index (χ1v) is 7.33. The summed E-state index contributed by atoms with van der Waals surface area (Å²) in [7, 11) is 1.70. The summed E-state index contributed by atoms with van der Waals surface area (Å²) in [6.07, 6.45) is 4.93. The molecule has 1 fully saturated rings. The van der Waals surface area contributed by atoms with Crippen molar-refractivity contribution in [2.75, 3.05) is 7.11 Å². The van der Waals surface area contributed by atoms with Crippen LogP contribution >= 0.6 is 0 Å². The Morgan fingerprint density at radius 1 is 1.21 bits per heavy atom. The lowest BCUT2D eigenvalue weighted by Gasteiger charge is -2.18. The first-order valence-electron chi connectivity index (χ1n) is 7.33. The minimum Gasteiger partial charge on any atom is -0.493 e. The van der Waals surface area contributed by atoms with E-state index in [4.69, 9.17) is 9.47 Å². The molecule has 1 saturated carbocycles. The van der Waals surface area contributed by atoms with Crippen LogP contribution in [0.25, 0.3) is 0 Å². The Labute approximate surface area is 116 Å². The van der Waals surface area contributed by atoms with Crippen LogP contribution in [0.4, 0.5) is 0 Å². The lowest BCUT2D eigenvalue weighted by molar-refractivity contribution is 0.185. The molecule has 0 atom stereocenters. The van der Waals surface area contributed by atoms with Gasteiger partial charge in [0.15, 0.2) is 11.5 Å².